The van der Waals surface area contributed by atoms with Crippen LogP contribution in [0.25, 0.3) is 0 Å². The highest BCUT2D eigenvalue weighted by Gasteiger charge is 2.46. The lowest BCUT2D eigenvalue weighted by atomic mass is 9.61. The van der Waals surface area contributed by atoms with E-state index in [-0.39, 0.29) is 22.7 Å². The van der Waals surface area contributed by atoms with Gasteiger partial charge in [-0.3, -0.25) is 4.79 Å². The summed E-state index contributed by atoms with van der Waals surface area (Å²) in [6, 6.07) is 10.2. The van der Waals surface area contributed by atoms with Crippen LogP contribution >= 0.6 is 11.8 Å². The van der Waals surface area contributed by atoms with Crippen molar-refractivity contribution in [2.75, 3.05) is 12.3 Å². The molecule has 2 bridgehead atoms. The first kappa shape index (κ1) is 22.7. The summed E-state index contributed by atoms with van der Waals surface area (Å²) in [5.41, 5.74) is 1.26. The maximum absolute atomic E-state index is 13.3. The van der Waals surface area contributed by atoms with Gasteiger partial charge in [-0.05, 0) is 81.1 Å². The number of benzene rings is 1. The van der Waals surface area contributed by atoms with Gasteiger partial charge in [-0.15, -0.1) is 0 Å². The van der Waals surface area contributed by atoms with Crippen LogP contribution in [0, 0.1) is 17.8 Å². The van der Waals surface area contributed by atoms with Gasteiger partial charge in [0.05, 0.1) is 0 Å². The number of carbonyl (C=O) groups is 2. The fourth-order valence-corrected chi connectivity index (χ4v) is 7.53. The van der Waals surface area contributed by atoms with Gasteiger partial charge in [-0.1, -0.05) is 55.9 Å². The van der Waals surface area contributed by atoms with Crippen molar-refractivity contribution in [1.29, 1.82) is 0 Å². The third-order valence-electron chi connectivity index (χ3n) is 7.48. The van der Waals surface area contributed by atoms with Crippen LogP contribution in [-0.4, -0.2) is 39.9 Å². The Morgan fingerprint density at radius 1 is 1.10 bits per heavy atom. The van der Waals surface area contributed by atoms with E-state index in [2.05, 4.69) is 43.4 Å². The molecule has 4 nitrogen and oxygen atoms in total. The Bertz CT molecular complexity index is 748. The summed E-state index contributed by atoms with van der Waals surface area (Å²) in [5.74, 6) is 2.90. The predicted octanol–water partition coefficient (Wildman–Crippen LogP) is 5.66. The molecule has 3 unspecified atom stereocenters. The zero-order chi connectivity index (χ0) is 21.8. The number of rotatable bonds is 6. The van der Waals surface area contributed by atoms with Crippen LogP contribution in [0.5, 0.6) is 0 Å². The summed E-state index contributed by atoms with van der Waals surface area (Å²) in [6.45, 7) is 5.37. The van der Waals surface area contributed by atoms with Crippen LogP contribution in [0.1, 0.15) is 70.8 Å². The number of amides is 2. The average molecular weight is 443 g/mol. The number of hydrogen-bond donors (Lipinski definition) is 1. The molecule has 3 atom stereocenters. The van der Waals surface area contributed by atoms with Gasteiger partial charge in [0.2, 0.25) is 5.12 Å². The third-order valence-corrected chi connectivity index (χ3v) is 8.53. The zero-order valence-corrected chi connectivity index (χ0v) is 20.0. The molecular formula is C26H38N2O2S. The minimum absolute atomic E-state index is 0.00249. The fourth-order valence-electron chi connectivity index (χ4n) is 6.60. The number of thioether (sulfide) groups is 1. The third kappa shape index (κ3) is 5.66. The van der Waals surface area contributed by atoms with Gasteiger partial charge >= 0.3 is 6.03 Å². The topological polar surface area (TPSA) is 49.4 Å². The van der Waals surface area contributed by atoms with E-state index in [1.807, 2.05) is 11.0 Å². The number of nitrogens with one attached hydrogen (secondary N) is 1. The van der Waals surface area contributed by atoms with Crippen molar-refractivity contribution < 1.29 is 9.59 Å². The lowest BCUT2D eigenvalue weighted by molar-refractivity contribution is -0.114. The van der Waals surface area contributed by atoms with Crippen molar-refractivity contribution >= 4 is 22.9 Å². The second-order valence-corrected chi connectivity index (χ2v) is 11.6. The molecule has 2 aliphatic carbocycles. The van der Waals surface area contributed by atoms with Crippen LogP contribution < -0.4 is 5.32 Å². The minimum atomic E-state index is -0.254. The summed E-state index contributed by atoms with van der Waals surface area (Å²) in [6.07, 6.45) is 9.60. The summed E-state index contributed by atoms with van der Waals surface area (Å²) >= 11 is 1.42. The molecule has 31 heavy (non-hydrogen) atoms. The van der Waals surface area contributed by atoms with E-state index < -0.39 is 0 Å². The van der Waals surface area contributed by atoms with Crippen molar-refractivity contribution in [1.82, 2.24) is 10.2 Å². The Hall–Kier alpha value is -1.49. The number of carbonyl (C=O) groups excluding carboxylic acids is 2. The Balaban J connectivity index is 1.30. The molecule has 2 saturated carbocycles. The van der Waals surface area contributed by atoms with Gasteiger partial charge in [0.25, 0.3) is 0 Å². The second kappa shape index (κ2) is 9.97. The van der Waals surface area contributed by atoms with Crippen LogP contribution in [-0.2, 0) is 11.2 Å². The lowest BCUT2D eigenvalue weighted by Gasteiger charge is -2.50. The Kier molecular flexibility index (Phi) is 7.30. The Labute approximate surface area is 191 Å². The Morgan fingerprint density at radius 2 is 1.81 bits per heavy atom. The number of nitrogens with zero attached hydrogens (tertiary/aromatic N) is 1. The maximum atomic E-state index is 13.3. The highest BCUT2D eigenvalue weighted by atomic mass is 32.2. The summed E-state index contributed by atoms with van der Waals surface area (Å²) < 4.78 is 0. The number of likely N-dealkylation sites (tertiary alicyclic amines) is 1. The minimum Gasteiger partial charge on any atom is -0.333 e. The zero-order valence-electron chi connectivity index (χ0n) is 19.1. The summed E-state index contributed by atoms with van der Waals surface area (Å²) in [4.78, 5) is 28.1. The standard InChI is InChI=1S/C26H38N2O2S/c1-19-14-22-15-20(2)17-26(16-19,18-22)27-25(30)28-12-6-11-23(28)24(29)31-13-7-10-21-8-4-3-5-9-21/h3-5,8-9,19-20,22-23H,6-7,10-18H2,1-2H3,(H,27,30). The highest BCUT2D eigenvalue weighted by Crippen LogP contribution is 2.47. The van der Waals surface area contributed by atoms with E-state index >= 15 is 0 Å². The van der Waals surface area contributed by atoms with Crippen molar-refractivity contribution in [3.05, 3.63) is 35.9 Å². The van der Waals surface area contributed by atoms with E-state index in [1.165, 1.54) is 30.2 Å². The number of urea groups is 1. The van der Waals surface area contributed by atoms with E-state index in [4.69, 9.17) is 0 Å². The quantitative estimate of drug-likeness (QED) is 0.579. The highest BCUT2D eigenvalue weighted by molar-refractivity contribution is 8.13. The van der Waals surface area contributed by atoms with Gasteiger partial charge in [-0.25, -0.2) is 4.79 Å². The molecule has 4 rings (SSSR count). The molecule has 2 amide bonds. The molecule has 1 aromatic carbocycles. The fraction of sp³-hybridized carbons (Fsp3) is 0.692. The smallest absolute Gasteiger partial charge is 0.318 e. The second-order valence-electron chi connectivity index (χ2n) is 10.5. The van der Waals surface area contributed by atoms with Gasteiger partial charge in [0.15, 0.2) is 0 Å². The molecule has 1 aromatic rings. The van der Waals surface area contributed by atoms with Gasteiger partial charge < -0.3 is 10.2 Å². The van der Waals surface area contributed by atoms with Gasteiger partial charge in [0.1, 0.15) is 6.04 Å². The van der Waals surface area contributed by atoms with Crippen LogP contribution in [0.15, 0.2) is 30.3 Å². The molecule has 1 N–H and O–H groups in total. The molecule has 0 spiro atoms. The molecule has 0 radical (unpaired) electrons. The monoisotopic (exact) mass is 442 g/mol. The van der Waals surface area contributed by atoms with Crippen molar-refractivity contribution in [2.45, 2.75) is 83.2 Å². The molecule has 0 aromatic heterocycles. The van der Waals surface area contributed by atoms with Gasteiger partial charge in [-0.2, -0.15) is 0 Å². The average Bonchev–Trinajstić information content (AvgIpc) is 3.20. The molecular weight excluding hydrogens is 404 g/mol. The van der Waals surface area contributed by atoms with Crippen molar-refractivity contribution in [3.63, 3.8) is 0 Å². The molecule has 1 heterocycles. The summed E-state index contributed by atoms with van der Waals surface area (Å²) in [7, 11) is 0. The molecule has 5 heteroatoms. The maximum Gasteiger partial charge on any atom is 0.318 e. The van der Waals surface area contributed by atoms with E-state index in [9.17, 15) is 9.59 Å². The van der Waals surface area contributed by atoms with E-state index in [0.717, 1.165) is 56.6 Å². The van der Waals surface area contributed by atoms with Crippen molar-refractivity contribution in [3.8, 4) is 0 Å². The van der Waals surface area contributed by atoms with Crippen molar-refractivity contribution in [2.24, 2.45) is 17.8 Å². The molecule has 1 saturated heterocycles. The van der Waals surface area contributed by atoms with Crippen LogP contribution in [0.2, 0.25) is 0 Å². The van der Waals surface area contributed by atoms with Gasteiger partial charge in [0, 0.05) is 17.8 Å². The summed E-state index contributed by atoms with van der Waals surface area (Å²) in [5, 5.41) is 3.64. The SMILES string of the molecule is CC1CC2CC(C)CC(NC(=O)N3CCCC3C(=O)SCCCc3ccccc3)(C1)C2. The molecule has 3 fully saturated rings. The molecule has 1 aliphatic heterocycles. The largest absolute Gasteiger partial charge is 0.333 e. The van der Waals surface area contributed by atoms with E-state index in [1.54, 1.807) is 0 Å². The lowest BCUT2D eigenvalue weighted by Crippen LogP contribution is -2.60. The van der Waals surface area contributed by atoms with E-state index in [0.29, 0.717) is 18.4 Å². The first-order chi connectivity index (χ1) is 14.9. The number of aryl methyl sites for hydroxylation is 1. The first-order valence-corrected chi connectivity index (χ1v) is 13.2. The number of fused-ring (bicyclic) bond motifs is 2. The first-order valence-electron chi connectivity index (χ1n) is 12.2. The normalized spacial score (nSPS) is 32.6. The van der Waals surface area contributed by atoms with Crippen LogP contribution in [0.4, 0.5) is 4.79 Å². The molecule has 3 aliphatic rings. The van der Waals surface area contributed by atoms with Crippen LogP contribution in [0.3, 0.4) is 0 Å². The number of hydrogen-bond acceptors (Lipinski definition) is 3. The predicted molar refractivity (Wildman–Crippen MR) is 128 cm³/mol. The Morgan fingerprint density at radius 3 is 2.52 bits per heavy atom. The molecule has 170 valence electrons.